The van der Waals surface area contributed by atoms with Crippen LogP contribution >= 0.6 is 0 Å². The van der Waals surface area contributed by atoms with E-state index in [2.05, 4.69) is 0 Å². The van der Waals surface area contributed by atoms with Crippen molar-refractivity contribution in [3.8, 4) is 11.5 Å². The molecule has 2 fully saturated rings. The summed E-state index contributed by atoms with van der Waals surface area (Å²) in [6.07, 6.45) is 4.47. The number of benzene rings is 1. The number of likely N-dealkylation sites (tertiary alicyclic amines) is 1. The van der Waals surface area contributed by atoms with E-state index in [1.54, 1.807) is 36.2 Å². The van der Waals surface area contributed by atoms with Crippen molar-refractivity contribution >= 4 is 17.6 Å². The molecule has 0 saturated carbocycles. The Labute approximate surface area is 154 Å². The second-order valence-corrected chi connectivity index (χ2v) is 6.69. The average molecular weight is 361 g/mol. The van der Waals surface area contributed by atoms with Crippen LogP contribution in [0.2, 0.25) is 0 Å². The first-order valence-electron chi connectivity index (χ1n) is 9.20. The maximum Gasteiger partial charge on any atom is 0.325 e. The Balaban J connectivity index is 1.65. The normalized spacial score (nSPS) is 18.1. The maximum atomic E-state index is 12.8. The van der Waals surface area contributed by atoms with Crippen molar-refractivity contribution in [3.05, 3.63) is 18.2 Å². The van der Waals surface area contributed by atoms with Gasteiger partial charge in [0.05, 0.1) is 14.2 Å². The van der Waals surface area contributed by atoms with Gasteiger partial charge in [0.25, 0.3) is 0 Å². The van der Waals surface area contributed by atoms with E-state index in [0.29, 0.717) is 24.6 Å². The number of nitrogens with zero attached hydrogens (tertiary/aromatic N) is 3. The van der Waals surface area contributed by atoms with E-state index in [-0.39, 0.29) is 18.5 Å². The third kappa shape index (κ3) is 3.86. The Bertz CT molecular complexity index is 656. The molecule has 0 N–H and O–H groups in total. The van der Waals surface area contributed by atoms with E-state index in [9.17, 15) is 9.59 Å². The number of carbonyl (C=O) groups is 2. The Hall–Kier alpha value is -2.44. The van der Waals surface area contributed by atoms with Crippen LogP contribution in [0.15, 0.2) is 18.2 Å². The van der Waals surface area contributed by atoms with Gasteiger partial charge in [0.2, 0.25) is 5.91 Å². The minimum atomic E-state index is -0.139. The molecule has 7 heteroatoms. The van der Waals surface area contributed by atoms with Gasteiger partial charge in [-0.25, -0.2) is 4.79 Å². The van der Waals surface area contributed by atoms with E-state index in [1.807, 2.05) is 11.0 Å². The molecule has 0 aliphatic carbocycles. The van der Waals surface area contributed by atoms with Crippen LogP contribution in [0.1, 0.15) is 25.7 Å². The van der Waals surface area contributed by atoms with Crippen molar-refractivity contribution in [2.75, 3.05) is 51.8 Å². The van der Waals surface area contributed by atoms with Gasteiger partial charge >= 0.3 is 6.03 Å². The van der Waals surface area contributed by atoms with Gasteiger partial charge in [-0.2, -0.15) is 0 Å². The molecule has 142 valence electrons. The summed E-state index contributed by atoms with van der Waals surface area (Å²) in [5, 5.41) is 0. The standard InChI is InChI=1S/C19H27N3O4/c1-25-16-8-7-15(13-17(16)26-2)22-12-11-21(19(22)24)14-18(23)20-9-5-3-4-6-10-20/h7-8,13H,3-6,9-12,14H2,1-2H3. The zero-order valence-electron chi connectivity index (χ0n) is 15.6. The molecule has 1 aromatic carbocycles. The Morgan fingerprint density at radius 2 is 1.65 bits per heavy atom. The van der Waals surface area contributed by atoms with Gasteiger partial charge in [-0.05, 0) is 25.0 Å². The van der Waals surface area contributed by atoms with Crippen LogP contribution in [-0.4, -0.2) is 68.7 Å². The highest BCUT2D eigenvalue weighted by Crippen LogP contribution is 2.32. The first-order chi connectivity index (χ1) is 12.6. The average Bonchev–Trinajstić information content (AvgIpc) is 2.87. The van der Waals surface area contributed by atoms with Gasteiger partial charge in [-0.3, -0.25) is 9.69 Å². The van der Waals surface area contributed by atoms with Crippen LogP contribution in [-0.2, 0) is 4.79 Å². The summed E-state index contributed by atoms with van der Waals surface area (Å²) in [6, 6.07) is 5.27. The quantitative estimate of drug-likeness (QED) is 0.808. The first kappa shape index (κ1) is 18.4. The summed E-state index contributed by atoms with van der Waals surface area (Å²) in [6.45, 7) is 2.87. The zero-order valence-corrected chi connectivity index (χ0v) is 15.6. The maximum absolute atomic E-state index is 12.8. The molecule has 26 heavy (non-hydrogen) atoms. The number of hydrogen-bond acceptors (Lipinski definition) is 4. The number of ether oxygens (including phenoxy) is 2. The van der Waals surface area contributed by atoms with Crippen molar-refractivity contribution in [2.45, 2.75) is 25.7 Å². The van der Waals surface area contributed by atoms with Crippen molar-refractivity contribution in [1.29, 1.82) is 0 Å². The summed E-state index contributed by atoms with van der Waals surface area (Å²) < 4.78 is 10.6. The molecular weight excluding hydrogens is 334 g/mol. The summed E-state index contributed by atoms with van der Waals surface area (Å²) in [5.41, 5.74) is 0.748. The van der Waals surface area contributed by atoms with Gasteiger partial charge in [-0.1, -0.05) is 12.8 Å². The van der Waals surface area contributed by atoms with Gasteiger partial charge in [0.1, 0.15) is 6.54 Å². The van der Waals surface area contributed by atoms with Crippen LogP contribution < -0.4 is 14.4 Å². The molecule has 3 amide bonds. The molecule has 2 aliphatic rings. The van der Waals surface area contributed by atoms with Crippen LogP contribution in [0.25, 0.3) is 0 Å². The van der Waals surface area contributed by atoms with Crippen LogP contribution in [0.5, 0.6) is 11.5 Å². The summed E-state index contributed by atoms with van der Waals surface area (Å²) >= 11 is 0. The molecule has 1 aromatic rings. The number of carbonyl (C=O) groups excluding carboxylic acids is 2. The lowest BCUT2D eigenvalue weighted by molar-refractivity contribution is -0.131. The number of amides is 3. The molecule has 3 rings (SSSR count). The number of rotatable bonds is 5. The first-order valence-corrected chi connectivity index (χ1v) is 9.20. The molecular formula is C19H27N3O4. The molecule has 7 nitrogen and oxygen atoms in total. The molecule has 0 unspecified atom stereocenters. The Morgan fingerprint density at radius 1 is 0.962 bits per heavy atom. The van der Waals surface area contributed by atoms with E-state index < -0.39 is 0 Å². The number of anilines is 1. The van der Waals surface area contributed by atoms with Gasteiger partial charge in [0.15, 0.2) is 11.5 Å². The highest BCUT2D eigenvalue weighted by molar-refractivity contribution is 5.96. The molecule has 2 heterocycles. The lowest BCUT2D eigenvalue weighted by Gasteiger charge is -2.24. The minimum absolute atomic E-state index is 0.0504. The summed E-state index contributed by atoms with van der Waals surface area (Å²) in [4.78, 5) is 30.5. The van der Waals surface area contributed by atoms with E-state index in [4.69, 9.17) is 9.47 Å². The molecule has 2 aliphatic heterocycles. The highest BCUT2D eigenvalue weighted by Gasteiger charge is 2.32. The van der Waals surface area contributed by atoms with Crippen molar-refractivity contribution in [2.24, 2.45) is 0 Å². The number of urea groups is 1. The van der Waals surface area contributed by atoms with Gasteiger partial charge in [0, 0.05) is 37.9 Å². The molecule has 0 aromatic heterocycles. The second kappa shape index (κ2) is 8.29. The largest absolute Gasteiger partial charge is 0.493 e. The predicted octanol–water partition coefficient (Wildman–Crippen LogP) is 2.35. The third-order valence-corrected chi connectivity index (χ3v) is 5.06. The zero-order chi connectivity index (χ0) is 18.5. The highest BCUT2D eigenvalue weighted by atomic mass is 16.5. The molecule has 0 radical (unpaired) electrons. The smallest absolute Gasteiger partial charge is 0.325 e. The fraction of sp³-hybridized carbons (Fsp3) is 0.579. The van der Waals surface area contributed by atoms with Crippen LogP contribution in [0.3, 0.4) is 0 Å². The topological polar surface area (TPSA) is 62.3 Å². The monoisotopic (exact) mass is 361 g/mol. The summed E-state index contributed by atoms with van der Waals surface area (Å²) in [7, 11) is 3.15. The van der Waals surface area contributed by atoms with Gasteiger partial charge in [-0.15, -0.1) is 0 Å². The number of methoxy groups -OCH3 is 2. The Morgan fingerprint density at radius 3 is 2.31 bits per heavy atom. The van der Waals surface area contributed by atoms with E-state index in [0.717, 1.165) is 31.6 Å². The van der Waals surface area contributed by atoms with E-state index >= 15 is 0 Å². The second-order valence-electron chi connectivity index (χ2n) is 6.69. The molecule has 0 spiro atoms. The molecule has 0 bridgehead atoms. The Kier molecular flexibility index (Phi) is 5.85. The van der Waals surface area contributed by atoms with Gasteiger partial charge < -0.3 is 19.3 Å². The fourth-order valence-corrected chi connectivity index (χ4v) is 3.55. The molecule has 2 saturated heterocycles. The lowest BCUT2D eigenvalue weighted by atomic mass is 10.2. The van der Waals surface area contributed by atoms with Crippen molar-refractivity contribution in [3.63, 3.8) is 0 Å². The van der Waals surface area contributed by atoms with Crippen LogP contribution in [0.4, 0.5) is 10.5 Å². The minimum Gasteiger partial charge on any atom is -0.493 e. The van der Waals surface area contributed by atoms with Crippen molar-refractivity contribution < 1.29 is 19.1 Å². The predicted molar refractivity (Wildman–Crippen MR) is 98.9 cm³/mol. The lowest BCUT2D eigenvalue weighted by Crippen LogP contribution is -2.42. The third-order valence-electron chi connectivity index (χ3n) is 5.06. The molecule has 0 atom stereocenters. The SMILES string of the molecule is COc1ccc(N2CCN(CC(=O)N3CCCCCC3)C2=O)cc1OC. The summed E-state index contributed by atoms with van der Waals surface area (Å²) in [5.74, 6) is 1.25. The van der Waals surface area contributed by atoms with E-state index in [1.165, 1.54) is 12.8 Å². The fourth-order valence-electron chi connectivity index (χ4n) is 3.55. The number of hydrogen-bond donors (Lipinski definition) is 0. The van der Waals surface area contributed by atoms with Crippen LogP contribution in [0, 0.1) is 0 Å². The van der Waals surface area contributed by atoms with Crippen molar-refractivity contribution in [1.82, 2.24) is 9.80 Å².